The first-order valence-corrected chi connectivity index (χ1v) is 18.0. The molecule has 6 heteroatoms. The molecule has 8 aromatic rings. The Hall–Kier alpha value is -6.24. The van der Waals surface area contributed by atoms with Crippen molar-refractivity contribution in [3.8, 4) is 56.8 Å². The number of hydrogen-bond acceptors (Lipinski definition) is 5. The van der Waals surface area contributed by atoms with E-state index in [9.17, 15) is 0 Å². The van der Waals surface area contributed by atoms with Gasteiger partial charge in [0.25, 0.3) is 0 Å². The maximum Gasteiger partial charge on any atom is 0.164 e. The molecule has 0 saturated heterocycles. The first-order chi connectivity index (χ1) is 25.2. The fraction of sp³-hybridized carbons (Fsp3) is 0.0444. The number of allylic oxidation sites excluding steroid dienone is 4. The van der Waals surface area contributed by atoms with Gasteiger partial charge in [-0.1, -0.05) is 115 Å². The van der Waals surface area contributed by atoms with Gasteiger partial charge in [0.1, 0.15) is 11.5 Å². The number of fused-ring (bicyclic) bond motifs is 8. The highest BCUT2D eigenvalue weighted by molar-refractivity contribution is 7.99. The molecule has 0 radical (unpaired) electrons. The van der Waals surface area contributed by atoms with E-state index >= 15 is 0 Å². The lowest BCUT2D eigenvalue weighted by Crippen LogP contribution is -2.05. The van der Waals surface area contributed by atoms with Gasteiger partial charge in [0, 0.05) is 38.5 Å². The van der Waals surface area contributed by atoms with Crippen molar-refractivity contribution in [3.05, 3.63) is 157 Å². The number of benzene rings is 6. The lowest BCUT2D eigenvalue weighted by atomic mass is 9.91. The molecule has 1 unspecified atom stereocenters. The van der Waals surface area contributed by atoms with Gasteiger partial charge in [-0.25, -0.2) is 15.0 Å². The quantitative estimate of drug-likeness (QED) is 0.186. The summed E-state index contributed by atoms with van der Waals surface area (Å²) in [6.07, 6.45) is 7.81. The normalized spacial score (nSPS) is 15.3. The van der Waals surface area contributed by atoms with Crippen LogP contribution in [0.1, 0.15) is 18.0 Å². The zero-order valence-electron chi connectivity index (χ0n) is 27.3. The average molecular weight is 673 g/mol. The predicted octanol–water partition coefficient (Wildman–Crippen LogP) is 11.8. The molecule has 2 aromatic heterocycles. The van der Waals surface area contributed by atoms with E-state index in [0.717, 1.165) is 50.0 Å². The Bertz CT molecular complexity index is 2730. The van der Waals surface area contributed by atoms with Crippen LogP contribution in [0.2, 0.25) is 0 Å². The Balaban J connectivity index is 0.966. The highest BCUT2D eigenvalue weighted by atomic mass is 32.2. The molecule has 0 N–H and O–H groups in total. The van der Waals surface area contributed by atoms with Crippen molar-refractivity contribution in [2.75, 3.05) is 0 Å². The number of hydrogen-bond donors (Lipinski definition) is 0. The van der Waals surface area contributed by atoms with Crippen molar-refractivity contribution >= 4 is 39.1 Å². The van der Waals surface area contributed by atoms with Gasteiger partial charge in [-0.15, -0.1) is 0 Å². The summed E-state index contributed by atoms with van der Waals surface area (Å²) < 4.78 is 9.17. The third kappa shape index (κ3) is 4.53. The zero-order valence-corrected chi connectivity index (χ0v) is 28.1. The number of nitrogens with zero attached hydrogens (tertiary/aromatic N) is 4. The fourth-order valence-corrected chi connectivity index (χ4v) is 8.78. The summed E-state index contributed by atoms with van der Waals surface area (Å²) in [6, 6.07) is 46.9. The molecule has 0 amide bonds. The first-order valence-electron chi connectivity index (χ1n) is 17.2. The number of para-hydroxylation sites is 1. The molecule has 6 aromatic carbocycles. The third-order valence-electron chi connectivity index (χ3n) is 10.2. The molecule has 4 heterocycles. The SMILES string of the molecule is C1=CCC2C(=C1)c1cc(-c3ccc4c(c3)Oc3ccc(-c5nc(-c6ccccc6)nc(-c6ccccc6)n5)cc3S4)cc3c4ccccc4n2c13. The van der Waals surface area contributed by atoms with Crippen LogP contribution in [0.15, 0.2) is 161 Å². The van der Waals surface area contributed by atoms with E-state index in [1.54, 1.807) is 11.8 Å². The number of ether oxygens (including phenoxy) is 1. The van der Waals surface area contributed by atoms with Crippen LogP contribution < -0.4 is 4.74 Å². The molecule has 51 heavy (non-hydrogen) atoms. The van der Waals surface area contributed by atoms with E-state index in [0.29, 0.717) is 23.5 Å². The van der Waals surface area contributed by atoms with Gasteiger partial charge < -0.3 is 9.30 Å². The molecule has 2 aliphatic heterocycles. The summed E-state index contributed by atoms with van der Waals surface area (Å²) in [4.78, 5) is 16.8. The van der Waals surface area contributed by atoms with E-state index in [1.807, 2.05) is 72.8 Å². The standard InChI is InChI=1S/C45H28N4OS/c1-3-11-27(12-4-1)43-46-44(28-13-5-2-6-14-28)48-45(47-43)30-19-21-38-41(26-30)51-40-22-20-29(25-39(40)50-38)31-23-34-32-15-7-9-17-36(32)49-37-18-10-8-16-33(37)35(24-31)42(34)49/h1-17,19-26,37H,18H2. The zero-order chi connectivity index (χ0) is 33.5. The van der Waals surface area contributed by atoms with Gasteiger partial charge in [0.15, 0.2) is 17.5 Å². The second-order valence-corrected chi connectivity index (χ2v) is 14.3. The van der Waals surface area contributed by atoms with E-state index < -0.39 is 0 Å². The molecule has 0 bridgehead atoms. The third-order valence-corrected chi connectivity index (χ3v) is 11.3. The van der Waals surface area contributed by atoms with Gasteiger partial charge >= 0.3 is 0 Å². The summed E-state index contributed by atoms with van der Waals surface area (Å²) in [5, 5.41) is 2.62. The molecule has 1 atom stereocenters. The largest absolute Gasteiger partial charge is 0.455 e. The molecule has 0 saturated carbocycles. The highest BCUT2D eigenvalue weighted by Gasteiger charge is 2.32. The molecule has 1 aliphatic carbocycles. The van der Waals surface area contributed by atoms with Crippen molar-refractivity contribution in [2.24, 2.45) is 0 Å². The Kier molecular flexibility index (Phi) is 6.24. The molecular formula is C45H28N4OS. The van der Waals surface area contributed by atoms with E-state index in [-0.39, 0.29) is 0 Å². The van der Waals surface area contributed by atoms with Crippen LogP contribution in [-0.2, 0) is 0 Å². The summed E-state index contributed by atoms with van der Waals surface area (Å²) in [5.41, 5.74) is 10.6. The lowest BCUT2D eigenvalue weighted by Gasteiger charge is -2.21. The van der Waals surface area contributed by atoms with Gasteiger partial charge in [0.2, 0.25) is 0 Å². The number of rotatable bonds is 4. The van der Waals surface area contributed by atoms with Crippen LogP contribution in [0.3, 0.4) is 0 Å². The summed E-state index contributed by atoms with van der Waals surface area (Å²) in [7, 11) is 0. The van der Waals surface area contributed by atoms with E-state index in [4.69, 9.17) is 19.7 Å². The topological polar surface area (TPSA) is 52.8 Å². The Labute approximate surface area is 298 Å². The minimum absolute atomic E-state index is 0.347. The van der Waals surface area contributed by atoms with Crippen molar-refractivity contribution in [2.45, 2.75) is 22.3 Å². The second kappa shape index (κ2) is 11.1. The molecule has 0 spiro atoms. The fourth-order valence-electron chi connectivity index (χ4n) is 7.81. The average Bonchev–Trinajstić information content (AvgIpc) is 3.72. The van der Waals surface area contributed by atoms with Gasteiger partial charge in [0.05, 0.1) is 21.3 Å². The minimum Gasteiger partial charge on any atom is -0.455 e. The van der Waals surface area contributed by atoms with Crippen LogP contribution in [-0.4, -0.2) is 19.5 Å². The first kappa shape index (κ1) is 28.6. The van der Waals surface area contributed by atoms with Gasteiger partial charge in [-0.2, -0.15) is 0 Å². The summed E-state index contributed by atoms with van der Waals surface area (Å²) >= 11 is 1.72. The van der Waals surface area contributed by atoms with Crippen molar-refractivity contribution in [1.82, 2.24) is 19.5 Å². The Morgan fingerprint density at radius 2 is 1.27 bits per heavy atom. The van der Waals surface area contributed by atoms with Crippen LogP contribution in [0.5, 0.6) is 11.5 Å². The predicted molar refractivity (Wildman–Crippen MR) is 206 cm³/mol. The smallest absolute Gasteiger partial charge is 0.164 e. The van der Waals surface area contributed by atoms with Gasteiger partial charge in [-0.05, 0) is 71.7 Å². The summed E-state index contributed by atoms with van der Waals surface area (Å²) in [6.45, 7) is 0. The minimum atomic E-state index is 0.347. The molecule has 0 fully saturated rings. The van der Waals surface area contributed by atoms with E-state index in [1.165, 1.54) is 38.5 Å². The van der Waals surface area contributed by atoms with Crippen LogP contribution >= 0.6 is 11.8 Å². The van der Waals surface area contributed by atoms with Crippen LogP contribution in [0.4, 0.5) is 0 Å². The maximum absolute atomic E-state index is 6.61. The molecular weight excluding hydrogens is 645 g/mol. The summed E-state index contributed by atoms with van der Waals surface area (Å²) in [5.74, 6) is 3.61. The number of aromatic nitrogens is 4. The maximum atomic E-state index is 6.61. The Morgan fingerprint density at radius 1 is 0.569 bits per heavy atom. The van der Waals surface area contributed by atoms with Crippen molar-refractivity contribution < 1.29 is 4.74 Å². The van der Waals surface area contributed by atoms with Crippen molar-refractivity contribution in [3.63, 3.8) is 0 Å². The lowest BCUT2D eigenvalue weighted by molar-refractivity contribution is 0.455. The molecule has 3 aliphatic rings. The van der Waals surface area contributed by atoms with Crippen LogP contribution in [0, 0.1) is 0 Å². The Morgan fingerprint density at radius 3 is 2.06 bits per heavy atom. The molecule has 240 valence electrons. The molecule has 11 rings (SSSR count). The molecule has 5 nitrogen and oxygen atoms in total. The highest BCUT2D eigenvalue weighted by Crippen LogP contribution is 2.52. The van der Waals surface area contributed by atoms with Crippen molar-refractivity contribution in [1.29, 1.82) is 0 Å². The van der Waals surface area contributed by atoms with E-state index in [2.05, 4.69) is 83.5 Å². The van der Waals surface area contributed by atoms with Gasteiger partial charge in [-0.3, -0.25) is 0 Å². The second-order valence-electron chi connectivity index (χ2n) is 13.2. The monoisotopic (exact) mass is 672 g/mol. The van der Waals surface area contributed by atoms with Crippen LogP contribution in [0.25, 0.3) is 72.7 Å².